The van der Waals surface area contributed by atoms with Crippen LogP contribution in [0.3, 0.4) is 0 Å². The number of halogens is 1. The Hall–Kier alpha value is -4.12. The van der Waals surface area contributed by atoms with Crippen molar-refractivity contribution < 1.29 is 33.4 Å². The topological polar surface area (TPSA) is 124 Å². The van der Waals surface area contributed by atoms with Gasteiger partial charge in [-0.15, -0.1) is 0 Å². The van der Waals surface area contributed by atoms with E-state index in [4.69, 9.17) is 9.47 Å². The monoisotopic (exact) mass is 634 g/mol. The van der Waals surface area contributed by atoms with Gasteiger partial charge < -0.3 is 29.8 Å². The zero-order valence-electron chi connectivity index (χ0n) is 26.6. The molecule has 5 atom stereocenters. The summed E-state index contributed by atoms with van der Waals surface area (Å²) in [5, 5.41) is 15.2. The van der Waals surface area contributed by atoms with Crippen LogP contribution in [-0.4, -0.2) is 80.9 Å². The largest absolute Gasteiger partial charge is 0.445 e. The summed E-state index contributed by atoms with van der Waals surface area (Å²) in [7, 11) is 0. The predicted octanol–water partition coefficient (Wildman–Crippen LogP) is 5.46. The summed E-state index contributed by atoms with van der Waals surface area (Å²) >= 11 is 0. The molecule has 46 heavy (non-hydrogen) atoms. The molecule has 3 aliphatic rings. The highest BCUT2D eigenvalue weighted by molar-refractivity contribution is 5.88. The van der Waals surface area contributed by atoms with Gasteiger partial charge in [-0.1, -0.05) is 49.6 Å². The third-order valence-electron chi connectivity index (χ3n) is 9.51. The van der Waals surface area contributed by atoms with Crippen LogP contribution in [0.25, 0.3) is 10.9 Å². The molecule has 3 fully saturated rings. The number of nitrogens with one attached hydrogen (secondary N) is 2. The Bertz CT molecular complexity index is 1570. The van der Waals surface area contributed by atoms with E-state index in [0.29, 0.717) is 5.52 Å². The molecule has 2 saturated heterocycles. The minimum absolute atomic E-state index is 0.0106. The van der Waals surface area contributed by atoms with Gasteiger partial charge in [0.05, 0.1) is 18.2 Å². The second kappa shape index (κ2) is 12.9. The molecule has 1 aromatic heterocycles. The van der Waals surface area contributed by atoms with Crippen molar-refractivity contribution in [2.75, 3.05) is 13.1 Å². The van der Waals surface area contributed by atoms with Crippen molar-refractivity contribution in [3.8, 4) is 0 Å². The summed E-state index contributed by atoms with van der Waals surface area (Å²) < 4.78 is 25.4. The molecule has 10 nitrogen and oxygen atoms in total. The smallest absolute Gasteiger partial charge is 0.410 e. The molecular formula is C35H43FN4O6. The molecule has 0 bridgehead atoms. The lowest BCUT2D eigenvalue weighted by molar-refractivity contribution is -0.136. The molecule has 3 amide bonds. The number of hydrogen-bond acceptors (Lipinski definition) is 6. The fraction of sp³-hybridized carbons (Fsp3) is 0.514. The average molecular weight is 635 g/mol. The Balaban J connectivity index is 1.33. The Labute approximate surface area is 268 Å². The first-order valence-electron chi connectivity index (χ1n) is 16.2. The molecule has 1 aliphatic carbocycles. The molecule has 3 N–H and O–H groups in total. The number of alkyl carbamates (subject to hydrolysis) is 1. The van der Waals surface area contributed by atoms with E-state index in [1.807, 2.05) is 30.3 Å². The zero-order chi connectivity index (χ0) is 32.6. The number of aromatic amines is 1. The zero-order valence-corrected chi connectivity index (χ0v) is 26.6. The maximum atomic E-state index is 14.6. The predicted molar refractivity (Wildman–Crippen MR) is 169 cm³/mol. The van der Waals surface area contributed by atoms with E-state index in [-0.39, 0.29) is 37.3 Å². The first-order chi connectivity index (χ1) is 22.0. The van der Waals surface area contributed by atoms with E-state index < -0.39 is 47.9 Å². The van der Waals surface area contributed by atoms with Crippen LogP contribution in [0, 0.1) is 11.7 Å². The second-order valence-corrected chi connectivity index (χ2v) is 13.8. The molecule has 3 heterocycles. The Morgan fingerprint density at radius 1 is 1.02 bits per heavy atom. The normalized spacial score (nSPS) is 24.1. The number of rotatable bonds is 6. The van der Waals surface area contributed by atoms with E-state index in [9.17, 15) is 23.9 Å². The average Bonchev–Trinajstić information content (AvgIpc) is 3.72. The van der Waals surface area contributed by atoms with Crippen LogP contribution in [0.5, 0.6) is 0 Å². The van der Waals surface area contributed by atoms with Crippen LogP contribution < -0.4 is 5.32 Å². The summed E-state index contributed by atoms with van der Waals surface area (Å²) in [6.07, 6.45) is 4.04. The Morgan fingerprint density at radius 3 is 2.48 bits per heavy atom. The maximum absolute atomic E-state index is 14.6. The van der Waals surface area contributed by atoms with Crippen LogP contribution in [0.4, 0.5) is 14.0 Å². The quantitative estimate of drug-likeness (QED) is 0.331. The number of fused-ring (bicyclic) bond motifs is 2. The number of ether oxygens (including phenoxy) is 2. The molecule has 0 spiro atoms. The molecule has 6 rings (SSSR count). The molecule has 0 radical (unpaired) electrons. The lowest BCUT2D eigenvalue weighted by Gasteiger charge is -2.36. The van der Waals surface area contributed by atoms with E-state index in [1.54, 1.807) is 37.9 Å². The summed E-state index contributed by atoms with van der Waals surface area (Å²) in [6.45, 7) is 5.55. The third-order valence-corrected chi connectivity index (χ3v) is 9.51. The maximum Gasteiger partial charge on any atom is 0.410 e. The summed E-state index contributed by atoms with van der Waals surface area (Å²) in [4.78, 5) is 47.5. The number of hydrogen-bond donors (Lipinski definition) is 3. The lowest BCUT2D eigenvalue weighted by atomic mass is 9.83. The second-order valence-electron chi connectivity index (χ2n) is 13.8. The van der Waals surface area contributed by atoms with E-state index in [1.165, 1.54) is 17.0 Å². The van der Waals surface area contributed by atoms with Crippen molar-refractivity contribution in [2.45, 2.75) is 95.2 Å². The van der Waals surface area contributed by atoms with Crippen LogP contribution in [-0.2, 0) is 20.9 Å². The number of carbonyl (C=O) groups excluding carboxylic acids is 3. The van der Waals surface area contributed by atoms with Gasteiger partial charge in [0.25, 0.3) is 0 Å². The summed E-state index contributed by atoms with van der Waals surface area (Å²) in [5.74, 6) is -1.19. The van der Waals surface area contributed by atoms with Crippen molar-refractivity contribution in [2.24, 2.45) is 5.92 Å². The SMILES string of the molecule is CC(C)(C)OC(=O)NC(C(=O)N1CC(O)C2C1[C@@H](c1c[nH]c3cc(F)ccc13)CN2C(=O)OCc1ccccc1)C1CCCCC1. The number of aliphatic hydroxyl groups excluding tert-OH is 1. The number of nitrogens with zero attached hydrogens (tertiary/aromatic N) is 2. The minimum atomic E-state index is -1.04. The minimum Gasteiger partial charge on any atom is -0.445 e. The summed E-state index contributed by atoms with van der Waals surface area (Å²) in [5.41, 5.74) is 1.49. The number of carbonyl (C=O) groups is 3. The molecule has 246 valence electrons. The van der Waals surface area contributed by atoms with Gasteiger partial charge in [0.2, 0.25) is 5.91 Å². The first kappa shape index (κ1) is 31.8. The molecular weight excluding hydrogens is 591 g/mol. The molecule has 2 aliphatic heterocycles. The molecule has 11 heteroatoms. The van der Waals surface area contributed by atoms with Crippen molar-refractivity contribution >= 4 is 29.0 Å². The van der Waals surface area contributed by atoms with E-state index >= 15 is 0 Å². The van der Waals surface area contributed by atoms with Gasteiger partial charge in [-0.05, 0) is 68.9 Å². The highest BCUT2D eigenvalue weighted by Gasteiger charge is 2.58. The number of H-pyrrole nitrogens is 1. The van der Waals surface area contributed by atoms with Gasteiger partial charge in [0.1, 0.15) is 24.1 Å². The van der Waals surface area contributed by atoms with E-state index in [2.05, 4.69) is 10.3 Å². The lowest BCUT2D eigenvalue weighted by Crippen LogP contribution is -2.55. The highest BCUT2D eigenvalue weighted by Crippen LogP contribution is 2.44. The van der Waals surface area contributed by atoms with Crippen LogP contribution >= 0.6 is 0 Å². The third kappa shape index (κ3) is 6.56. The number of aromatic nitrogens is 1. The van der Waals surface area contributed by atoms with Gasteiger partial charge >= 0.3 is 12.2 Å². The van der Waals surface area contributed by atoms with E-state index in [0.717, 1.165) is 48.6 Å². The summed E-state index contributed by atoms with van der Waals surface area (Å²) in [6, 6.07) is 11.6. The Morgan fingerprint density at radius 2 is 1.76 bits per heavy atom. The molecule has 3 aromatic rings. The van der Waals surface area contributed by atoms with Crippen molar-refractivity contribution in [1.29, 1.82) is 0 Å². The van der Waals surface area contributed by atoms with Crippen LogP contribution in [0.2, 0.25) is 0 Å². The number of likely N-dealkylation sites (tertiary alicyclic amines) is 2. The highest BCUT2D eigenvalue weighted by atomic mass is 19.1. The van der Waals surface area contributed by atoms with Crippen LogP contribution in [0.15, 0.2) is 54.7 Å². The molecule has 4 unspecified atom stereocenters. The van der Waals surface area contributed by atoms with Gasteiger partial charge in [-0.25, -0.2) is 14.0 Å². The fourth-order valence-corrected chi connectivity index (χ4v) is 7.54. The molecule has 2 aromatic carbocycles. The number of aliphatic hydroxyl groups is 1. The van der Waals surface area contributed by atoms with Gasteiger partial charge in [0, 0.05) is 36.1 Å². The van der Waals surface area contributed by atoms with Crippen LogP contribution in [0.1, 0.15) is 69.9 Å². The fourth-order valence-electron chi connectivity index (χ4n) is 7.54. The van der Waals surface area contributed by atoms with Gasteiger partial charge in [-0.2, -0.15) is 0 Å². The number of β-amino-alcohol motifs (C(OH)–C–C–N with tert-alkyl or cyclic N) is 1. The number of amides is 3. The number of benzene rings is 2. The van der Waals surface area contributed by atoms with Crippen molar-refractivity contribution in [3.05, 3.63) is 71.7 Å². The first-order valence-corrected chi connectivity index (χ1v) is 16.2. The Kier molecular flexibility index (Phi) is 8.96. The van der Waals surface area contributed by atoms with Gasteiger partial charge in [-0.3, -0.25) is 9.69 Å². The van der Waals surface area contributed by atoms with Gasteiger partial charge in [0.15, 0.2) is 0 Å². The molecule has 1 saturated carbocycles. The standard InChI is InChI=1S/C35H43FN4O6/c1-35(2,3)46-33(43)38-29(22-12-8-5-9-13-22)32(42)39-19-28(41)31-30(39)26(25-17-37-27-16-23(36)14-15-24(25)27)18-40(31)34(44)45-20-21-10-6-4-7-11-21/h4,6-7,10-11,14-17,22,26,28-31,37,41H,5,8-9,12-13,18-20H2,1-3H3,(H,38,43)/t26-,28?,29?,30?,31?/m1/s1. The van der Waals surface area contributed by atoms with Crippen molar-refractivity contribution in [3.63, 3.8) is 0 Å². The van der Waals surface area contributed by atoms with Crippen molar-refractivity contribution in [1.82, 2.24) is 20.1 Å².